The first kappa shape index (κ1) is 20.9. The fourth-order valence-electron chi connectivity index (χ4n) is 5.25. The maximum atomic E-state index is 11.8. The van der Waals surface area contributed by atoms with Crippen LogP contribution in [-0.2, 0) is 11.3 Å². The number of benzene rings is 2. The van der Waals surface area contributed by atoms with Crippen molar-refractivity contribution in [2.24, 2.45) is 0 Å². The van der Waals surface area contributed by atoms with Crippen molar-refractivity contribution in [3.05, 3.63) is 72.6 Å². The van der Waals surface area contributed by atoms with Gasteiger partial charge in [-0.05, 0) is 73.0 Å². The van der Waals surface area contributed by atoms with E-state index in [1.54, 1.807) is 13.1 Å². The van der Waals surface area contributed by atoms with E-state index in [2.05, 4.69) is 27.2 Å². The van der Waals surface area contributed by atoms with Gasteiger partial charge in [0.2, 0.25) is 5.91 Å². The van der Waals surface area contributed by atoms with Crippen LogP contribution in [0, 0.1) is 0 Å². The molecule has 0 saturated carbocycles. The fraction of sp³-hybridized carbons (Fsp3) is 0.296. The van der Waals surface area contributed by atoms with Crippen LogP contribution in [0.25, 0.3) is 22.2 Å². The first-order chi connectivity index (χ1) is 16.6. The number of likely N-dealkylation sites (tertiary alicyclic amines) is 1. The van der Waals surface area contributed by atoms with Crippen LogP contribution in [0.3, 0.4) is 0 Å². The van der Waals surface area contributed by atoms with Gasteiger partial charge in [-0.2, -0.15) is 5.10 Å². The van der Waals surface area contributed by atoms with Crippen LogP contribution in [-0.4, -0.2) is 56.1 Å². The fourth-order valence-corrected chi connectivity index (χ4v) is 5.25. The highest BCUT2D eigenvalue weighted by Gasteiger charge is 2.40. The summed E-state index contributed by atoms with van der Waals surface area (Å²) in [7, 11) is 0. The molecule has 0 radical (unpaired) electrons. The molecule has 1 N–H and O–H groups in total. The SMILES string of the molecule is CC(=O)N1CC2CCC(C1)N2Cc1ccc2cc(Oc3ccc(-c4ccn[nH]4)cc3)ccc2n1. The van der Waals surface area contributed by atoms with Gasteiger partial charge in [-0.15, -0.1) is 0 Å². The minimum atomic E-state index is 0.187. The Morgan fingerprint density at radius 1 is 1.00 bits per heavy atom. The van der Waals surface area contributed by atoms with Crippen molar-refractivity contribution < 1.29 is 9.53 Å². The summed E-state index contributed by atoms with van der Waals surface area (Å²) < 4.78 is 6.08. The molecule has 2 unspecified atom stereocenters. The first-order valence-corrected chi connectivity index (χ1v) is 11.8. The molecule has 7 heteroatoms. The Kier molecular flexibility index (Phi) is 5.26. The number of amides is 1. The Hall–Kier alpha value is -3.71. The zero-order valence-electron chi connectivity index (χ0n) is 19.1. The summed E-state index contributed by atoms with van der Waals surface area (Å²) in [5, 5.41) is 8.02. The van der Waals surface area contributed by atoms with Crippen molar-refractivity contribution in [3.8, 4) is 22.8 Å². The van der Waals surface area contributed by atoms with Gasteiger partial charge in [-0.25, -0.2) is 0 Å². The summed E-state index contributed by atoms with van der Waals surface area (Å²) in [5.41, 5.74) is 4.09. The number of piperazine rings is 1. The summed E-state index contributed by atoms with van der Waals surface area (Å²) in [6.45, 7) is 4.18. The Morgan fingerprint density at radius 2 is 1.76 bits per heavy atom. The predicted molar refractivity (Wildman–Crippen MR) is 130 cm³/mol. The smallest absolute Gasteiger partial charge is 0.219 e. The number of aromatic nitrogens is 3. The van der Waals surface area contributed by atoms with Crippen LogP contribution >= 0.6 is 0 Å². The van der Waals surface area contributed by atoms with Gasteiger partial charge in [0.25, 0.3) is 0 Å². The molecule has 2 aromatic heterocycles. The molecule has 2 fully saturated rings. The number of rotatable bonds is 5. The molecule has 34 heavy (non-hydrogen) atoms. The van der Waals surface area contributed by atoms with E-state index in [9.17, 15) is 4.79 Å². The predicted octanol–water partition coefficient (Wildman–Crippen LogP) is 4.61. The first-order valence-electron chi connectivity index (χ1n) is 11.8. The number of nitrogens with zero attached hydrogens (tertiary/aromatic N) is 4. The zero-order chi connectivity index (χ0) is 23.1. The van der Waals surface area contributed by atoms with Gasteiger partial charge >= 0.3 is 0 Å². The molecule has 172 valence electrons. The third-order valence-corrected chi connectivity index (χ3v) is 7.04. The molecule has 2 aliphatic heterocycles. The molecule has 0 spiro atoms. The van der Waals surface area contributed by atoms with Gasteiger partial charge in [-0.1, -0.05) is 6.07 Å². The van der Waals surface area contributed by atoms with E-state index in [1.807, 2.05) is 53.4 Å². The van der Waals surface area contributed by atoms with E-state index in [-0.39, 0.29) is 5.91 Å². The van der Waals surface area contributed by atoms with Gasteiger partial charge in [0.1, 0.15) is 11.5 Å². The maximum Gasteiger partial charge on any atom is 0.219 e. The molecule has 0 aliphatic carbocycles. The Labute approximate surface area is 198 Å². The normalized spacial score (nSPS) is 20.1. The standard InChI is InChI=1S/C27H27N5O2/c1-18(33)31-16-22-6-7-23(17-31)32(22)15-21-5-2-20-14-25(10-11-26(20)29-21)34-24-8-3-19(4-9-24)27-12-13-28-30-27/h2-5,8-14,22-23H,6-7,15-17H2,1H3,(H,28,30). The average Bonchev–Trinajstić information content (AvgIpc) is 3.45. The highest BCUT2D eigenvalue weighted by atomic mass is 16.5. The third-order valence-electron chi connectivity index (χ3n) is 7.04. The van der Waals surface area contributed by atoms with Crippen molar-refractivity contribution >= 4 is 16.8 Å². The Balaban J connectivity index is 1.15. The van der Waals surface area contributed by atoms with E-state index < -0.39 is 0 Å². The second-order valence-corrected chi connectivity index (χ2v) is 9.24. The number of hydrogen-bond acceptors (Lipinski definition) is 5. The average molecular weight is 454 g/mol. The van der Waals surface area contributed by atoms with Crippen molar-refractivity contribution in [2.45, 2.75) is 38.4 Å². The molecule has 2 atom stereocenters. The van der Waals surface area contributed by atoms with Gasteiger partial charge in [0.15, 0.2) is 0 Å². The van der Waals surface area contributed by atoms with Crippen LogP contribution in [0.4, 0.5) is 0 Å². The summed E-state index contributed by atoms with van der Waals surface area (Å²) in [4.78, 5) is 21.3. The number of fused-ring (bicyclic) bond motifs is 3. The number of carbonyl (C=O) groups excluding carboxylic acids is 1. The van der Waals surface area contributed by atoms with Gasteiger partial charge in [-0.3, -0.25) is 19.8 Å². The van der Waals surface area contributed by atoms with Gasteiger partial charge < -0.3 is 9.64 Å². The van der Waals surface area contributed by atoms with Crippen molar-refractivity contribution in [2.75, 3.05) is 13.1 Å². The lowest BCUT2D eigenvalue weighted by Gasteiger charge is -2.40. The molecular formula is C27H27N5O2. The molecule has 2 saturated heterocycles. The highest BCUT2D eigenvalue weighted by Crippen LogP contribution is 2.32. The van der Waals surface area contributed by atoms with E-state index in [4.69, 9.17) is 9.72 Å². The second-order valence-electron chi connectivity index (χ2n) is 9.24. The topological polar surface area (TPSA) is 74.3 Å². The quantitative estimate of drug-likeness (QED) is 0.478. The minimum absolute atomic E-state index is 0.187. The highest BCUT2D eigenvalue weighted by molar-refractivity contribution is 5.80. The summed E-state index contributed by atoms with van der Waals surface area (Å²) in [6, 6.07) is 21.0. The molecule has 4 heterocycles. The lowest BCUT2D eigenvalue weighted by atomic mass is 10.1. The molecule has 2 bridgehead atoms. The number of hydrogen-bond donors (Lipinski definition) is 1. The van der Waals surface area contributed by atoms with Crippen LogP contribution in [0.1, 0.15) is 25.5 Å². The van der Waals surface area contributed by atoms with Gasteiger partial charge in [0, 0.05) is 50.2 Å². The van der Waals surface area contributed by atoms with Crippen LogP contribution in [0.15, 0.2) is 66.9 Å². The van der Waals surface area contributed by atoms with Crippen LogP contribution < -0.4 is 4.74 Å². The molecule has 6 rings (SSSR count). The summed E-state index contributed by atoms with van der Waals surface area (Å²) >= 11 is 0. The number of carbonyl (C=O) groups is 1. The lowest BCUT2D eigenvalue weighted by Crippen LogP contribution is -2.54. The molecule has 4 aromatic rings. The van der Waals surface area contributed by atoms with E-state index in [0.29, 0.717) is 12.1 Å². The van der Waals surface area contributed by atoms with E-state index in [1.165, 1.54) is 0 Å². The number of ether oxygens (including phenoxy) is 1. The van der Waals surface area contributed by atoms with Crippen LogP contribution in [0.5, 0.6) is 11.5 Å². The molecule has 1 amide bonds. The summed E-state index contributed by atoms with van der Waals surface area (Å²) in [5.74, 6) is 1.76. The zero-order valence-corrected chi connectivity index (χ0v) is 19.1. The molecular weight excluding hydrogens is 426 g/mol. The van der Waals surface area contributed by atoms with Gasteiger partial charge in [0.05, 0.1) is 16.9 Å². The van der Waals surface area contributed by atoms with Crippen molar-refractivity contribution in [1.82, 2.24) is 25.0 Å². The van der Waals surface area contributed by atoms with Crippen molar-refractivity contribution in [1.29, 1.82) is 0 Å². The number of nitrogens with one attached hydrogen (secondary N) is 1. The second kappa shape index (κ2) is 8.57. The molecule has 2 aromatic carbocycles. The van der Waals surface area contributed by atoms with E-state index >= 15 is 0 Å². The number of aromatic amines is 1. The Bertz CT molecular complexity index is 1300. The molecule has 7 nitrogen and oxygen atoms in total. The largest absolute Gasteiger partial charge is 0.457 e. The Morgan fingerprint density at radius 3 is 2.47 bits per heavy atom. The maximum absolute atomic E-state index is 11.8. The lowest BCUT2D eigenvalue weighted by molar-refractivity contribution is -0.132. The number of pyridine rings is 1. The third kappa shape index (κ3) is 4.03. The summed E-state index contributed by atoms with van der Waals surface area (Å²) in [6.07, 6.45) is 4.06. The van der Waals surface area contributed by atoms with Crippen molar-refractivity contribution in [3.63, 3.8) is 0 Å². The number of H-pyrrole nitrogens is 1. The minimum Gasteiger partial charge on any atom is -0.457 e. The molecule has 2 aliphatic rings. The van der Waals surface area contributed by atoms with Crippen LogP contribution in [0.2, 0.25) is 0 Å². The monoisotopic (exact) mass is 453 g/mol. The van der Waals surface area contributed by atoms with E-state index in [0.717, 1.165) is 71.8 Å².